The fraction of sp³-hybridized carbons (Fsp3) is 0.158. The molecule has 3 rings (SSSR count). The molecule has 3 aromatic rings. The minimum absolute atomic E-state index is 0.604. The lowest BCUT2D eigenvalue weighted by molar-refractivity contribution is 0.340. The molecule has 2 aromatic carbocycles. The zero-order valence-electron chi connectivity index (χ0n) is 12.8. The molecule has 0 saturated carbocycles. The highest BCUT2D eigenvalue weighted by molar-refractivity contribution is 7.98. The molecule has 0 saturated heterocycles. The molecular weight excluding hydrogens is 304 g/mol. The smallest absolute Gasteiger partial charge is 0.120 e. The normalized spacial score (nSPS) is 10.4. The second-order valence-electron chi connectivity index (χ2n) is 5.01. The second-order valence-corrected chi connectivity index (χ2v) is 5.98. The Morgan fingerprint density at radius 1 is 1.13 bits per heavy atom. The molecule has 0 aliphatic heterocycles. The van der Waals surface area contributed by atoms with Gasteiger partial charge in [0.25, 0.3) is 0 Å². The molecule has 3 nitrogen and oxygen atoms in total. The van der Waals surface area contributed by atoms with E-state index in [9.17, 15) is 5.26 Å². The van der Waals surface area contributed by atoms with Gasteiger partial charge in [-0.3, -0.25) is 0 Å². The van der Waals surface area contributed by atoms with Crippen LogP contribution in [0.5, 0.6) is 5.75 Å². The van der Waals surface area contributed by atoms with Crippen molar-refractivity contribution in [2.75, 3.05) is 6.61 Å². The minimum atomic E-state index is 0.604. The van der Waals surface area contributed by atoms with Gasteiger partial charge in [0, 0.05) is 11.1 Å². The molecule has 0 N–H and O–H groups in total. The van der Waals surface area contributed by atoms with Crippen LogP contribution in [-0.2, 0) is 5.75 Å². The number of nitrogens with zero attached hydrogens (tertiary/aromatic N) is 2. The number of fused-ring (bicyclic) bond motifs is 1. The van der Waals surface area contributed by atoms with E-state index >= 15 is 0 Å². The summed E-state index contributed by atoms with van der Waals surface area (Å²) in [4.78, 5) is 4.65. The first kappa shape index (κ1) is 15.4. The van der Waals surface area contributed by atoms with Gasteiger partial charge in [0.05, 0.1) is 17.7 Å². The number of pyridine rings is 1. The number of aromatic nitrogens is 1. The maximum Gasteiger partial charge on any atom is 0.120 e. The van der Waals surface area contributed by atoms with Crippen LogP contribution in [0.15, 0.2) is 59.6 Å². The third kappa shape index (κ3) is 3.64. The molecule has 0 bridgehead atoms. The van der Waals surface area contributed by atoms with Crippen LogP contribution in [-0.4, -0.2) is 11.6 Å². The highest BCUT2D eigenvalue weighted by atomic mass is 32.2. The van der Waals surface area contributed by atoms with E-state index in [1.807, 2.05) is 49.4 Å². The lowest BCUT2D eigenvalue weighted by Gasteiger charge is -2.08. The van der Waals surface area contributed by atoms with Crippen molar-refractivity contribution in [3.63, 3.8) is 0 Å². The molecule has 0 aliphatic carbocycles. The van der Waals surface area contributed by atoms with E-state index < -0.39 is 0 Å². The first-order valence-corrected chi connectivity index (χ1v) is 8.43. The first-order chi connectivity index (χ1) is 11.3. The standard InChI is InChI=1S/C19H16N2OS/c1-2-22-17-8-9-18-15(11-17)10-16(12-20)19(21-18)23-13-14-6-4-3-5-7-14/h3-11H,2,13H2,1H3. The van der Waals surface area contributed by atoms with E-state index in [-0.39, 0.29) is 0 Å². The highest BCUT2D eigenvalue weighted by Gasteiger charge is 2.09. The van der Waals surface area contributed by atoms with Crippen molar-refractivity contribution < 1.29 is 4.74 Å². The van der Waals surface area contributed by atoms with Crippen molar-refractivity contribution in [2.24, 2.45) is 0 Å². The topological polar surface area (TPSA) is 45.9 Å². The molecule has 1 aromatic heterocycles. The van der Waals surface area contributed by atoms with Gasteiger partial charge in [-0.25, -0.2) is 4.98 Å². The summed E-state index contributed by atoms with van der Waals surface area (Å²) in [5, 5.41) is 11.1. The molecule has 23 heavy (non-hydrogen) atoms. The van der Waals surface area contributed by atoms with Crippen LogP contribution in [0, 0.1) is 11.3 Å². The van der Waals surface area contributed by atoms with Gasteiger partial charge >= 0.3 is 0 Å². The van der Waals surface area contributed by atoms with Crippen LogP contribution in [0.3, 0.4) is 0 Å². The van der Waals surface area contributed by atoms with E-state index in [1.165, 1.54) is 5.56 Å². The summed E-state index contributed by atoms with van der Waals surface area (Å²) in [5.74, 6) is 1.60. The maximum atomic E-state index is 9.41. The Hall–Kier alpha value is -2.51. The molecule has 4 heteroatoms. The fourth-order valence-electron chi connectivity index (χ4n) is 2.31. The van der Waals surface area contributed by atoms with E-state index in [1.54, 1.807) is 11.8 Å². The zero-order chi connectivity index (χ0) is 16.1. The fourth-order valence-corrected chi connectivity index (χ4v) is 3.23. The van der Waals surface area contributed by atoms with Gasteiger partial charge in [-0.05, 0) is 36.8 Å². The predicted octanol–water partition coefficient (Wildman–Crippen LogP) is 4.80. The van der Waals surface area contributed by atoms with Crippen LogP contribution < -0.4 is 4.74 Å². The van der Waals surface area contributed by atoms with Gasteiger partial charge in [-0.2, -0.15) is 5.26 Å². The minimum Gasteiger partial charge on any atom is -0.494 e. The van der Waals surface area contributed by atoms with Crippen molar-refractivity contribution >= 4 is 22.7 Å². The van der Waals surface area contributed by atoms with Gasteiger partial charge in [0.1, 0.15) is 16.8 Å². The SMILES string of the molecule is CCOc1ccc2nc(SCc3ccccc3)c(C#N)cc2c1. The molecule has 0 unspecified atom stereocenters. The Morgan fingerprint density at radius 2 is 1.96 bits per heavy atom. The summed E-state index contributed by atoms with van der Waals surface area (Å²) < 4.78 is 5.51. The van der Waals surface area contributed by atoms with Gasteiger partial charge in [-0.1, -0.05) is 30.3 Å². The summed E-state index contributed by atoms with van der Waals surface area (Å²) in [7, 11) is 0. The van der Waals surface area contributed by atoms with E-state index in [2.05, 4.69) is 23.2 Å². The summed E-state index contributed by atoms with van der Waals surface area (Å²) in [6.45, 7) is 2.57. The van der Waals surface area contributed by atoms with Crippen LogP contribution >= 0.6 is 11.8 Å². The Bertz CT molecular complexity index is 856. The molecule has 1 heterocycles. The zero-order valence-corrected chi connectivity index (χ0v) is 13.6. The first-order valence-electron chi connectivity index (χ1n) is 7.44. The average Bonchev–Trinajstić information content (AvgIpc) is 2.60. The lowest BCUT2D eigenvalue weighted by Crippen LogP contribution is -1.93. The number of rotatable bonds is 5. The lowest BCUT2D eigenvalue weighted by atomic mass is 10.1. The van der Waals surface area contributed by atoms with Crippen LogP contribution in [0.25, 0.3) is 10.9 Å². The monoisotopic (exact) mass is 320 g/mol. The molecule has 0 spiro atoms. The van der Waals surface area contributed by atoms with E-state index in [0.29, 0.717) is 12.2 Å². The summed E-state index contributed by atoms with van der Waals surface area (Å²) in [6.07, 6.45) is 0. The number of thioether (sulfide) groups is 1. The van der Waals surface area contributed by atoms with Gasteiger partial charge in [-0.15, -0.1) is 11.8 Å². The van der Waals surface area contributed by atoms with E-state index in [0.717, 1.165) is 27.4 Å². The predicted molar refractivity (Wildman–Crippen MR) is 93.6 cm³/mol. The number of ether oxygens (including phenoxy) is 1. The molecule has 0 atom stereocenters. The maximum absolute atomic E-state index is 9.41. The number of hydrogen-bond donors (Lipinski definition) is 0. The van der Waals surface area contributed by atoms with Gasteiger partial charge in [0.15, 0.2) is 0 Å². The summed E-state index contributed by atoms with van der Waals surface area (Å²) >= 11 is 1.59. The highest BCUT2D eigenvalue weighted by Crippen LogP contribution is 2.29. The third-order valence-electron chi connectivity index (χ3n) is 3.40. The largest absolute Gasteiger partial charge is 0.494 e. The number of nitriles is 1. The molecule has 114 valence electrons. The van der Waals surface area contributed by atoms with E-state index in [4.69, 9.17) is 4.74 Å². The van der Waals surface area contributed by atoms with Gasteiger partial charge < -0.3 is 4.74 Å². The van der Waals surface area contributed by atoms with Crippen LogP contribution in [0.4, 0.5) is 0 Å². The third-order valence-corrected chi connectivity index (χ3v) is 4.46. The summed E-state index contributed by atoms with van der Waals surface area (Å²) in [6, 6.07) is 20.1. The second kappa shape index (κ2) is 7.17. The van der Waals surface area contributed by atoms with Crippen molar-refractivity contribution in [1.82, 2.24) is 4.98 Å². The molecule has 0 aliphatic rings. The Labute approximate surface area is 139 Å². The quantitative estimate of drug-likeness (QED) is 0.634. The summed E-state index contributed by atoms with van der Waals surface area (Å²) in [5.41, 5.74) is 2.70. The number of benzene rings is 2. The Morgan fingerprint density at radius 3 is 2.70 bits per heavy atom. The molecule has 0 amide bonds. The van der Waals surface area contributed by atoms with Crippen LogP contribution in [0.1, 0.15) is 18.1 Å². The van der Waals surface area contributed by atoms with Crippen molar-refractivity contribution in [1.29, 1.82) is 5.26 Å². The van der Waals surface area contributed by atoms with Crippen molar-refractivity contribution in [3.8, 4) is 11.8 Å². The Kier molecular flexibility index (Phi) is 4.80. The molecule has 0 fully saturated rings. The molecular formula is C19H16N2OS. The van der Waals surface area contributed by atoms with Crippen molar-refractivity contribution in [3.05, 3.63) is 65.7 Å². The Balaban J connectivity index is 1.90. The average molecular weight is 320 g/mol. The van der Waals surface area contributed by atoms with Crippen molar-refractivity contribution in [2.45, 2.75) is 17.7 Å². The van der Waals surface area contributed by atoms with Gasteiger partial charge in [0.2, 0.25) is 0 Å². The molecule has 0 radical (unpaired) electrons. The number of hydrogen-bond acceptors (Lipinski definition) is 4. The van der Waals surface area contributed by atoms with Crippen LogP contribution in [0.2, 0.25) is 0 Å².